The molecule has 0 aromatic rings. The van der Waals surface area contributed by atoms with Gasteiger partial charge in [-0.2, -0.15) is 8.42 Å². The zero-order chi connectivity index (χ0) is 11.8. The zero-order valence-electron chi connectivity index (χ0n) is 9.93. The molecule has 15 heavy (non-hydrogen) atoms. The Morgan fingerprint density at radius 2 is 1.67 bits per heavy atom. The molecule has 0 saturated heterocycles. The third kappa shape index (κ3) is 31.6. The van der Waals surface area contributed by atoms with E-state index < -0.39 is 10.4 Å². The van der Waals surface area contributed by atoms with E-state index in [1.54, 1.807) is 0 Å². The quantitative estimate of drug-likeness (QED) is 0.459. The van der Waals surface area contributed by atoms with Gasteiger partial charge in [-0.3, -0.25) is 8.74 Å². The van der Waals surface area contributed by atoms with E-state index in [1.807, 2.05) is 0 Å². The highest BCUT2D eigenvalue weighted by Crippen LogP contribution is 1.90. The van der Waals surface area contributed by atoms with Gasteiger partial charge in [-0.15, -0.1) is 0 Å². The maximum atomic E-state index is 9.33. The molecule has 0 aromatic carbocycles. The summed E-state index contributed by atoms with van der Waals surface area (Å²) in [5.74, 6) is 0. The first-order valence-electron chi connectivity index (χ1n) is 4.16. The molecule has 0 aromatic heterocycles. The van der Waals surface area contributed by atoms with E-state index in [9.17, 15) is 8.42 Å². The molecule has 96 valence electrons. The highest BCUT2D eigenvalue weighted by Gasteiger charge is 2.03. The molecule has 0 aliphatic rings. The lowest BCUT2D eigenvalue weighted by atomic mass is 10.4. The standard InChI is InChI=1S/C6H17N2.CH4O4S.H3N/c1-8(2,3)6-4-5-7;1-5-6(2,3)4;/h4-7H2,1-3H3;1H3,(H,2,3,4);1H3/q+1;;. The second kappa shape index (κ2) is 9.01. The number of nitrogens with two attached hydrogens (primary N) is 1. The van der Waals surface area contributed by atoms with Crippen LogP contribution in [0.4, 0.5) is 0 Å². The summed E-state index contributed by atoms with van der Waals surface area (Å²) in [4.78, 5) is 0. The molecule has 7 nitrogen and oxygen atoms in total. The first-order chi connectivity index (χ1) is 6.12. The summed E-state index contributed by atoms with van der Waals surface area (Å²) in [6, 6.07) is 0. The Balaban J connectivity index is -0.000000187. The number of quaternary nitrogens is 1. The molecule has 0 unspecified atom stereocenters. The summed E-state index contributed by atoms with van der Waals surface area (Å²) in [6.07, 6.45) is 1.13. The van der Waals surface area contributed by atoms with Gasteiger partial charge in [0, 0.05) is 6.42 Å². The smallest absolute Gasteiger partial charge is 0.344 e. The van der Waals surface area contributed by atoms with Crippen LogP contribution >= 0.6 is 0 Å². The van der Waals surface area contributed by atoms with Crippen LogP contribution in [0.25, 0.3) is 0 Å². The summed E-state index contributed by atoms with van der Waals surface area (Å²) >= 11 is 0. The number of rotatable bonds is 4. The summed E-state index contributed by atoms with van der Waals surface area (Å²) in [6.45, 7) is 1.99. The van der Waals surface area contributed by atoms with Crippen molar-refractivity contribution in [2.45, 2.75) is 6.42 Å². The lowest BCUT2D eigenvalue weighted by Crippen LogP contribution is -2.36. The molecule has 0 rings (SSSR count). The van der Waals surface area contributed by atoms with E-state index in [0.29, 0.717) is 0 Å². The van der Waals surface area contributed by atoms with Crippen molar-refractivity contribution in [1.29, 1.82) is 0 Å². The van der Waals surface area contributed by atoms with Gasteiger partial charge >= 0.3 is 10.4 Å². The highest BCUT2D eigenvalue weighted by molar-refractivity contribution is 7.80. The largest absolute Gasteiger partial charge is 0.397 e. The lowest BCUT2D eigenvalue weighted by molar-refractivity contribution is -0.870. The molecule has 0 radical (unpaired) electrons. The molecule has 0 amide bonds. The Morgan fingerprint density at radius 3 is 1.73 bits per heavy atom. The number of hydrogen-bond acceptors (Lipinski definition) is 5. The van der Waals surface area contributed by atoms with Crippen molar-refractivity contribution in [2.75, 3.05) is 41.3 Å². The predicted molar refractivity (Wildman–Crippen MR) is 60.2 cm³/mol. The third-order valence-electron chi connectivity index (χ3n) is 1.24. The van der Waals surface area contributed by atoms with Crippen molar-refractivity contribution in [2.24, 2.45) is 5.73 Å². The van der Waals surface area contributed by atoms with Gasteiger partial charge in [-0.1, -0.05) is 0 Å². The molecule has 8 heteroatoms. The van der Waals surface area contributed by atoms with Crippen molar-refractivity contribution in [1.82, 2.24) is 6.15 Å². The molecule has 0 aliphatic heterocycles. The minimum absolute atomic E-state index is 0. The summed E-state index contributed by atoms with van der Waals surface area (Å²) in [5, 5.41) is 0. The minimum atomic E-state index is -4.16. The fourth-order valence-corrected chi connectivity index (χ4v) is 0.566. The van der Waals surface area contributed by atoms with Crippen LogP contribution in [0.2, 0.25) is 0 Å². The van der Waals surface area contributed by atoms with Gasteiger partial charge in [0.15, 0.2) is 0 Å². The van der Waals surface area contributed by atoms with Gasteiger partial charge in [-0.05, 0) is 6.54 Å². The van der Waals surface area contributed by atoms with Gasteiger partial charge in [0.25, 0.3) is 0 Å². The lowest BCUT2D eigenvalue weighted by Gasteiger charge is -2.23. The second-order valence-electron chi connectivity index (χ2n) is 3.75. The van der Waals surface area contributed by atoms with E-state index in [-0.39, 0.29) is 6.15 Å². The highest BCUT2D eigenvalue weighted by atomic mass is 32.3. The molecule has 0 heterocycles. The van der Waals surface area contributed by atoms with Crippen molar-refractivity contribution in [3.8, 4) is 0 Å². The van der Waals surface area contributed by atoms with Crippen LogP contribution in [-0.4, -0.2) is 58.8 Å². The topological polar surface area (TPSA) is 125 Å². The maximum Gasteiger partial charge on any atom is 0.397 e. The van der Waals surface area contributed by atoms with Gasteiger partial charge in [0.05, 0.1) is 34.8 Å². The Labute approximate surface area is 92.3 Å². The number of nitrogens with zero attached hydrogens (tertiary/aromatic N) is 1. The molecule has 0 fully saturated rings. The molecular formula is C7H24N3O4S+. The molecular weight excluding hydrogens is 222 g/mol. The first kappa shape index (κ1) is 20.2. The Bertz CT molecular complexity index is 223. The maximum absolute atomic E-state index is 9.33. The fraction of sp³-hybridized carbons (Fsp3) is 1.00. The number of hydrogen-bond donors (Lipinski definition) is 3. The third-order valence-corrected chi connectivity index (χ3v) is 1.66. The molecule has 0 spiro atoms. The Morgan fingerprint density at radius 1 is 1.33 bits per heavy atom. The Hall–Kier alpha value is -0.250. The van der Waals surface area contributed by atoms with Crippen LogP contribution in [0.1, 0.15) is 6.42 Å². The Kier molecular flexibility index (Phi) is 12.1. The van der Waals surface area contributed by atoms with E-state index in [1.165, 1.54) is 6.54 Å². The summed E-state index contributed by atoms with van der Waals surface area (Å²) < 4.78 is 30.7. The molecule has 0 aliphatic carbocycles. The summed E-state index contributed by atoms with van der Waals surface area (Å²) in [7, 11) is 3.24. The van der Waals surface area contributed by atoms with Crippen molar-refractivity contribution >= 4 is 10.4 Å². The van der Waals surface area contributed by atoms with E-state index >= 15 is 0 Å². The van der Waals surface area contributed by atoms with Crippen LogP contribution in [-0.2, 0) is 14.6 Å². The van der Waals surface area contributed by atoms with E-state index in [2.05, 4.69) is 25.3 Å². The average Bonchev–Trinajstić information content (AvgIpc) is 1.99. The van der Waals surface area contributed by atoms with Crippen LogP contribution < -0.4 is 11.9 Å². The molecule has 0 saturated carbocycles. The normalized spacial score (nSPS) is 11.1. The summed E-state index contributed by atoms with van der Waals surface area (Å²) in [5.41, 5.74) is 5.33. The van der Waals surface area contributed by atoms with Crippen LogP contribution in [0.15, 0.2) is 0 Å². The molecule has 6 N–H and O–H groups in total. The molecule has 0 atom stereocenters. The van der Waals surface area contributed by atoms with Crippen LogP contribution in [0.3, 0.4) is 0 Å². The van der Waals surface area contributed by atoms with Crippen molar-refractivity contribution in [3.05, 3.63) is 0 Å². The predicted octanol–water partition coefficient (Wildman–Crippen LogP) is -0.361. The first-order valence-corrected chi connectivity index (χ1v) is 5.52. The van der Waals surface area contributed by atoms with Crippen LogP contribution in [0.5, 0.6) is 0 Å². The minimum Gasteiger partial charge on any atom is -0.344 e. The fourth-order valence-electron chi connectivity index (χ4n) is 0.566. The van der Waals surface area contributed by atoms with Crippen molar-refractivity contribution < 1.29 is 21.6 Å². The molecule has 0 bridgehead atoms. The van der Waals surface area contributed by atoms with Gasteiger partial charge in [-0.25, -0.2) is 0 Å². The average molecular weight is 246 g/mol. The van der Waals surface area contributed by atoms with E-state index in [4.69, 9.17) is 10.3 Å². The zero-order valence-corrected chi connectivity index (χ0v) is 10.7. The SMILES string of the molecule is COS(=O)(=O)O.C[N+](C)(C)CCCN.N. The van der Waals surface area contributed by atoms with Gasteiger partial charge in [0.1, 0.15) is 0 Å². The van der Waals surface area contributed by atoms with E-state index in [0.717, 1.165) is 24.6 Å². The van der Waals surface area contributed by atoms with Crippen molar-refractivity contribution in [3.63, 3.8) is 0 Å². The van der Waals surface area contributed by atoms with Gasteiger partial charge < -0.3 is 16.4 Å². The van der Waals surface area contributed by atoms with Gasteiger partial charge in [0.2, 0.25) is 0 Å². The monoisotopic (exact) mass is 246 g/mol. The second-order valence-corrected chi connectivity index (χ2v) is 4.94. The van der Waals surface area contributed by atoms with Crippen LogP contribution in [0, 0.1) is 0 Å².